The molecule has 116 valence electrons. The first kappa shape index (κ1) is 16.2. The highest BCUT2D eigenvalue weighted by molar-refractivity contribution is 9.10. The molecule has 1 fully saturated rings. The molecule has 0 aromatic carbocycles. The first-order valence-electron chi connectivity index (χ1n) is 7.35. The number of hydrogen-bond acceptors (Lipinski definition) is 4. The van der Waals surface area contributed by atoms with Crippen molar-refractivity contribution in [2.75, 3.05) is 25.0 Å². The number of nitrogens with one attached hydrogen (secondary N) is 1. The van der Waals surface area contributed by atoms with Gasteiger partial charge in [-0.2, -0.15) is 0 Å². The van der Waals surface area contributed by atoms with Crippen LogP contribution in [0, 0.1) is 0 Å². The largest absolute Gasteiger partial charge is 0.375 e. The van der Waals surface area contributed by atoms with Gasteiger partial charge in [0.1, 0.15) is 5.82 Å². The number of anilines is 1. The van der Waals surface area contributed by atoms with E-state index in [2.05, 4.69) is 33.2 Å². The van der Waals surface area contributed by atoms with E-state index >= 15 is 0 Å². The molecule has 2 unspecified atom stereocenters. The number of carbonyl (C=O) groups excluding carboxylic acids is 1. The lowest BCUT2D eigenvalue weighted by molar-refractivity contribution is -0.0386. The van der Waals surface area contributed by atoms with Crippen LogP contribution in [0.3, 0.4) is 0 Å². The van der Waals surface area contributed by atoms with Gasteiger partial charge >= 0.3 is 0 Å². The lowest BCUT2D eigenvalue weighted by Gasteiger charge is -2.37. The van der Waals surface area contributed by atoms with E-state index in [1.807, 2.05) is 24.8 Å². The molecular weight excluding hydrogens is 334 g/mol. The lowest BCUT2D eigenvalue weighted by atomic mass is 10.1. The first-order chi connectivity index (χ1) is 10.0. The van der Waals surface area contributed by atoms with E-state index < -0.39 is 0 Å². The molecule has 5 nitrogen and oxygen atoms in total. The third-order valence-corrected chi connectivity index (χ3v) is 3.93. The number of nitrogens with zero attached hydrogens (tertiary/aromatic N) is 2. The predicted molar refractivity (Wildman–Crippen MR) is 86.6 cm³/mol. The Morgan fingerprint density at radius 1 is 1.57 bits per heavy atom. The molecule has 0 aliphatic carbocycles. The van der Waals surface area contributed by atoms with Crippen LogP contribution in [0.4, 0.5) is 5.82 Å². The summed E-state index contributed by atoms with van der Waals surface area (Å²) in [5.74, 6) is 0.654. The van der Waals surface area contributed by atoms with Crippen LogP contribution in [0.25, 0.3) is 0 Å². The average molecular weight is 356 g/mol. The van der Waals surface area contributed by atoms with Crippen LogP contribution in [-0.2, 0) is 4.74 Å². The number of morpholine rings is 1. The highest BCUT2D eigenvalue weighted by Crippen LogP contribution is 2.22. The van der Waals surface area contributed by atoms with Gasteiger partial charge in [0, 0.05) is 23.8 Å². The van der Waals surface area contributed by atoms with Gasteiger partial charge < -0.3 is 15.0 Å². The number of halogens is 1. The molecule has 2 rings (SSSR count). The molecule has 1 aromatic rings. The maximum Gasteiger partial charge on any atom is 0.258 e. The third-order valence-electron chi connectivity index (χ3n) is 3.50. The van der Waals surface area contributed by atoms with Crippen LogP contribution >= 0.6 is 15.9 Å². The molecule has 2 atom stereocenters. The Morgan fingerprint density at radius 3 is 3.05 bits per heavy atom. The number of ether oxygens (including phenoxy) is 1. The summed E-state index contributed by atoms with van der Waals surface area (Å²) in [5.41, 5.74) is 0.610. The highest BCUT2D eigenvalue weighted by Gasteiger charge is 2.29. The minimum Gasteiger partial charge on any atom is -0.375 e. The van der Waals surface area contributed by atoms with Crippen molar-refractivity contribution in [3.8, 4) is 0 Å². The van der Waals surface area contributed by atoms with Crippen LogP contribution in [0.15, 0.2) is 16.7 Å². The second kappa shape index (κ2) is 7.22. The van der Waals surface area contributed by atoms with E-state index in [9.17, 15) is 4.79 Å². The van der Waals surface area contributed by atoms with Crippen molar-refractivity contribution in [1.29, 1.82) is 0 Å². The maximum atomic E-state index is 12.9. The SMILES string of the molecule is CCCNc1ncc(Br)cc1C(=O)N1CC(C)OCC1C. The topological polar surface area (TPSA) is 54.5 Å². The molecule has 1 aliphatic rings. The van der Waals surface area contributed by atoms with Gasteiger partial charge in [0.15, 0.2) is 0 Å². The lowest BCUT2D eigenvalue weighted by Crippen LogP contribution is -2.50. The fraction of sp³-hybridized carbons (Fsp3) is 0.600. The van der Waals surface area contributed by atoms with Gasteiger partial charge in [0.05, 0.1) is 24.3 Å². The second-order valence-electron chi connectivity index (χ2n) is 5.43. The van der Waals surface area contributed by atoms with Crippen molar-refractivity contribution < 1.29 is 9.53 Å². The van der Waals surface area contributed by atoms with Gasteiger partial charge in [-0.15, -0.1) is 0 Å². The number of amides is 1. The Kier molecular flexibility index (Phi) is 5.58. The summed E-state index contributed by atoms with van der Waals surface area (Å²) in [6, 6.07) is 1.91. The molecule has 21 heavy (non-hydrogen) atoms. The normalized spacial score (nSPS) is 22.2. The van der Waals surface area contributed by atoms with Gasteiger partial charge in [-0.05, 0) is 42.3 Å². The van der Waals surface area contributed by atoms with Crippen molar-refractivity contribution in [1.82, 2.24) is 9.88 Å². The zero-order valence-corrected chi connectivity index (χ0v) is 14.3. The van der Waals surface area contributed by atoms with Crippen LogP contribution in [0.2, 0.25) is 0 Å². The summed E-state index contributed by atoms with van der Waals surface area (Å²) in [6.45, 7) is 8.06. The van der Waals surface area contributed by atoms with Crippen LogP contribution in [0.5, 0.6) is 0 Å². The monoisotopic (exact) mass is 355 g/mol. The summed E-state index contributed by atoms with van der Waals surface area (Å²) in [5, 5.41) is 3.23. The summed E-state index contributed by atoms with van der Waals surface area (Å²) in [4.78, 5) is 19.1. The van der Waals surface area contributed by atoms with E-state index in [-0.39, 0.29) is 18.1 Å². The van der Waals surface area contributed by atoms with Gasteiger partial charge in [-0.25, -0.2) is 4.98 Å². The summed E-state index contributed by atoms with van der Waals surface area (Å²) in [7, 11) is 0. The second-order valence-corrected chi connectivity index (χ2v) is 6.34. The smallest absolute Gasteiger partial charge is 0.258 e. The number of rotatable bonds is 4. The van der Waals surface area contributed by atoms with Gasteiger partial charge in [-0.3, -0.25) is 4.79 Å². The predicted octanol–water partition coefficient (Wildman–Crippen LogP) is 2.92. The maximum absolute atomic E-state index is 12.9. The number of aromatic nitrogens is 1. The fourth-order valence-electron chi connectivity index (χ4n) is 2.33. The molecule has 1 aromatic heterocycles. The summed E-state index contributed by atoms with van der Waals surface area (Å²) < 4.78 is 6.40. The van der Waals surface area contributed by atoms with Crippen molar-refractivity contribution in [2.24, 2.45) is 0 Å². The molecule has 0 radical (unpaired) electrons. The average Bonchev–Trinajstić information content (AvgIpc) is 2.47. The summed E-state index contributed by atoms with van der Waals surface area (Å²) >= 11 is 3.40. The molecule has 0 spiro atoms. The molecule has 1 saturated heterocycles. The Morgan fingerprint density at radius 2 is 2.33 bits per heavy atom. The number of carbonyl (C=O) groups is 1. The van der Waals surface area contributed by atoms with Crippen molar-refractivity contribution in [3.63, 3.8) is 0 Å². The van der Waals surface area contributed by atoms with Crippen molar-refractivity contribution in [2.45, 2.75) is 39.3 Å². The zero-order chi connectivity index (χ0) is 15.4. The molecule has 1 N–H and O–H groups in total. The van der Waals surface area contributed by atoms with Crippen LogP contribution < -0.4 is 5.32 Å². The van der Waals surface area contributed by atoms with Crippen LogP contribution in [0.1, 0.15) is 37.6 Å². The van der Waals surface area contributed by atoms with Crippen molar-refractivity contribution in [3.05, 3.63) is 22.3 Å². The zero-order valence-electron chi connectivity index (χ0n) is 12.7. The van der Waals surface area contributed by atoms with Gasteiger partial charge in [0.2, 0.25) is 0 Å². The van der Waals surface area contributed by atoms with Gasteiger partial charge in [-0.1, -0.05) is 6.92 Å². The van der Waals surface area contributed by atoms with E-state index in [0.29, 0.717) is 24.5 Å². The first-order valence-corrected chi connectivity index (χ1v) is 8.14. The number of hydrogen-bond donors (Lipinski definition) is 1. The van der Waals surface area contributed by atoms with E-state index in [4.69, 9.17) is 4.74 Å². The summed E-state index contributed by atoms with van der Waals surface area (Å²) in [6.07, 6.45) is 2.76. The number of pyridine rings is 1. The Labute approximate surface area is 134 Å². The highest BCUT2D eigenvalue weighted by atomic mass is 79.9. The van der Waals surface area contributed by atoms with Gasteiger partial charge in [0.25, 0.3) is 5.91 Å². The molecular formula is C15H22BrN3O2. The van der Waals surface area contributed by atoms with Crippen molar-refractivity contribution >= 4 is 27.7 Å². The van der Waals surface area contributed by atoms with E-state index in [0.717, 1.165) is 17.4 Å². The van der Waals surface area contributed by atoms with Crippen LogP contribution in [-0.4, -0.2) is 47.6 Å². The molecule has 1 amide bonds. The molecule has 0 bridgehead atoms. The minimum atomic E-state index is 0.00468. The minimum absolute atomic E-state index is 0.00468. The van der Waals surface area contributed by atoms with E-state index in [1.165, 1.54) is 0 Å². The van der Waals surface area contributed by atoms with E-state index in [1.54, 1.807) is 6.20 Å². The Balaban J connectivity index is 2.26. The third kappa shape index (κ3) is 3.95. The molecule has 6 heteroatoms. The quantitative estimate of drug-likeness (QED) is 0.901. The Bertz CT molecular complexity index is 510. The molecule has 0 saturated carbocycles. The fourth-order valence-corrected chi connectivity index (χ4v) is 2.66. The molecule has 1 aliphatic heterocycles. The molecule has 2 heterocycles. The standard InChI is InChI=1S/C15H22BrN3O2/c1-4-5-17-14-13(6-12(16)7-18-14)15(20)19-8-11(3)21-9-10(19)2/h6-7,10-11H,4-5,8-9H2,1-3H3,(H,17,18). The Hall–Kier alpha value is -1.14.